The third-order valence-electron chi connectivity index (χ3n) is 3.34. The summed E-state index contributed by atoms with van der Waals surface area (Å²) in [6, 6.07) is 20.1. The molecule has 0 aliphatic carbocycles. The fraction of sp³-hybridized carbons (Fsp3) is 0.235. The Bertz CT molecular complexity index is 564. The minimum atomic E-state index is -0.940. The Hall–Kier alpha value is -2.11. The van der Waals surface area contributed by atoms with Gasteiger partial charge in [0.1, 0.15) is 0 Å². The molecule has 0 aliphatic rings. The topological polar surface area (TPSA) is 44.0 Å². The normalized spacial score (nSPS) is 13.5. The van der Waals surface area contributed by atoms with E-state index in [9.17, 15) is 5.11 Å². The second-order valence-corrected chi connectivity index (χ2v) is 4.88. The van der Waals surface area contributed by atoms with Gasteiger partial charge in [-0.3, -0.25) is 0 Å². The van der Waals surface area contributed by atoms with Crippen LogP contribution in [-0.4, -0.2) is 5.11 Å². The van der Waals surface area contributed by atoms with Crippen LogP contribution >= 0.6 is 0 Å². The molecule has 0 radical (unpaired) electrons. The van der Waals surface area contributed by atoms with Gasteiger partial charge in [0.15, 0.2) is 0 Å². The van der Waals surface area contributed by atoms with Crippen LogP contribution in [0.2, 0.25) is 0 Å². The lowest BCUT2D eigenvalue weighted by molar-refractivity contribution is 0.0492. The van der Waals surface area contributed by atoms with E-state index in [0.29, 0.717) is 12.8 Å². The van der Waals surface area contributed by atoms with Gasteiger partial charge in [0.05, 0.1) is 11.7 Å². The van der Waals surface area contributed by atoms with E-state index in [1.165, 1.54) is 0 Å². The van der Waals surface area contributed by atoms with E-state index in [4.69, 9.17) is 5.26 Å². The van der Waals surface area contributed by atoms with Crippen molar-refractivity contribution in [1.82, 2.24) is 0 Å². The van der Waals surface area contributed by atoms with E-state index in [0.717, 1.165) is 16.7 Å². The summed E-state index contributed by atoms with van der Waals surface area (Å²) in [5.74, 6) is 0. The maximum absolute atomic E-state index is 10.3. The van der Waals surface area contributed by atoms with E-state index in [1.807, 2.05) is 42.5 Å². The van der Waals surface area contributed by atoms with Gasteiger partial charge in [-0.15, -0.1) is 0 Å². The van der Waals surface area contributed by atoms with Gasteiger partial charge in [0.25, 0.3) is 0 Å². The van der Waals surface area contributed by atoms with Crippen LogP contribution in [-0.2, 0) is 5.60 Å². The number of nitriles is 1. The Morgan fingerprint density at radius 2 is 1.58 bits per heavy atom. The summed E-state index contributed by atoms with van der Waals surface area (Å²) in [7, 11) is 0. The standard InChI is InChI=1S/C17H17NO/c1-17(19,12-5-13-18)16-10-8-15(9-11-16)14-6-3-2-4-7-14/h2-4,6-11,19H,5,12H2,1H3. The first-order chi connectivity index (χ1) is 9.13. The molecule has 2 rings (SSSR count). The number of benzene rings is 2. The molecule has 19 heavy (non-hydrogen) atoms. The molecule has 0 amide bonds. The molecule has 2 heteroatoms. The van der Waals surface area contributed by atoms with Gasteiger partial charge in [-0.1, -0.05) is 54.6 Å². The second-order valence-electron chi connectivity index (χ2n) is 4.88. The van der Waals surface area contributed by atoms with Gasteiger partial charge in [0.2, 0.25) is 0 Å². The zero-order chi connectivity index (χ0) is 13.7. The van der Waals surface area contributed by atoms with Crippen molar-refractivity contribution in [2.45, 2.75) is 25.4 Å². The molecule has 0 fully saturated rings. The minimum absolute atomic E-state index is 0.355. The van der Waals surface area contributed by atoms with Crippen LogP contribution in [0.1, 0.15) is 25.3 Å². The Morgan fingerprint density at radius 1 is 1.00 bits per heavy atom. The first kappa shape index (κ1) is 13.3. The fourth-order valence-electron chi connectivity index (χ4n) is 2.10. The largest absolute Gasteiger partial charge is 0.385 e. The zero-order valence-corrected chi connectivity index (χ0v) is 11.0. The highest BCUT2D eigenvalue weighted by molar-refractivity contribution is 5.63. The quantitative estimate of drug-likeness (QED) is 0.896. The van der Waals surface area contributed by atoms with E-state index < -0.39 is 5.60 Å². The molecular weight excluding hydrogens is 234 g/mol. The van der Waals surface area contributed by atoms with E-state index in [1.54, 1.807) is 6.92 Å². The maximum Gasteiger partial charge on any atom is 0.0878 e. The average Bonchev–Trinajstić information content (AvgIpc) is 2.46. The van der Waals surface area contributed by atoms with Crippen molar-refractivity contribution in [3.63, 3.8) is 0 Å². The van der Waals surface area contributed by atoms with Crippen LogP contribution in [0.15, 0.2) is 54.6 Å². The number of hydrogen-bond donors (Lipinski definition) is 1. The molecule has 2 aromatic carbocycles. The molecule has 1 unspecified atom stereocenters. The van der Waals surface area contributed by atoms with E-state index >= 15 is 0 Å². The molecule has 0 spiro atoms. The van der Waals surface area contributed by atoms with Crippen LogP contribution in [0.25, 0.3) is 11.1 Å². The van der Waals surface area contributed by atoms with Crippen molar-refractivity contribution >= 4 is 0 Å². The van der Waals surface area contributed by atoms with E-state index in [2.05, 4.69) is 18.2 Å². The molecule has 0 bridgehead atoms. The highest BCUT2D eigenvalue weighted by Crippen LogP contribution is 2.28. The van der Waals surface area contributed by atoms with Crippen LogP contribution in [0.4, 0.5) is 0 Å². The Kier molecular flexibility index (Phi) is 3.99. The van der Waals surface area contributed by atoms with Crippen LogP contribution in [0.5, 0.6) is 0 Å². The summed E-state index contributed by atoms with van der Waals surface area (Å²) in [4.78, 5) is 0. The summed E-state index contributed by atoms with van der Waals surface area (Å²) < 4.78 is 0. The third-order valence-corrected chi connectivity index (χ3v) is 3.34. The molecule has 2 nitrogen and oxygen atoms in total. The Balaban J connectivity index is 2.22. The summed E-state index contributed by atoms with van der Waals surface area (Å²) in [6.07, 6.45) is 0.807. The van der Waals surface area contributed by atoms with Gasteiger partial charge >= 0.3 is 0 Å². The summed E-state index contributed by atoms with van der Waals surface area (Å²) in [6.45, 7) is 1.75. The number of rotatable bonds is 4. The Labute approximate surface area is 114 Å². The summed E-state index contributed by atoms with van der Waals surface area (Å²) >= 11 is 0. The molecule has 1 N–H and O–H groups in total. The van der Waals surface area contributed by atoms with Crippen molar-refractivity contribution in [2.24, 2.45) is 0 Å². The first-order valence-corrected chi connectivity index (χ1v) is 6.39. The van der Waals surface area contributed by atoms with Gasteiger partial charge in [-0.25, -0.2) is 0 Å². The van der Waals surface area contributed by atoms with Crippen molar-refractivity contribution < 1.29 is 5.11 Å². The van der Waals surface area contributed by atoms with Gasteiger partial charge in [-0.2, -0.15) is 5.26 Å². The lowest BCUT2D eigenvalue weighted by atomic mass is 9.90. The maximum atomic E-state index is 10.3. The zero-order valence-electron chi connectivity index (χ0n) is 11.0. The van der Waals surface area contributed by atoms with Crippen molar-refractivity contribution in [1.29, 1.82) is 5.26 Å². The highest BCUT2D eigenvalue weighted by Gasteiger charge is 2.22. The average molecular weight is 251 g/mol. The van der Waals surface area contributed by atoms with Crippen LogP contribution < -0.4 is 0 Å². The number of hydrogen-bond acceptors (Lipinski definition) is 2. The monoisotopic (exact) mass is 251 g/mol. The third kappa shape index (κ3) is 3.21. The van der Waals surface area contributed by atoms with Crippen molar-refractivity contribution in [3.8, 4) is 17.2 Å². The highest BCUT2D eigenvalue weighted by atomic mass is 16.3. The van der Waals surface area contributed by atoms with Crippen LogP contribution in [0, 0.1) is 11.3 Å². The molecular formula is C17H17NO. The molecule has 0 aliphatic heterocycles. The van der Waals surface area contributed by atoms with Gasteiger partial charge in [0, 0.05) is 6.42 Å². The number of nitrogens with zero attached hydrogens (tertiary/aromatic N) is 1. The molecule has 0 saturated carbocycles. The lowest BCUT2D eigenvalue weighted by Crippen LogP contribution is -2.20. The summed E-state index contributed by atoms with van der Waals surface area (Å²) in [5.41, 5.74) is 2.19. The smallest absolute Gasteiger partial charge is 0.0878 e. The summed E-state index contributed by atoms with van der Waals surface area (Å²) in [5, 5.41) is 18.9. The molecule has 0 saturated heterocycles. The SMILES string of the molecule is CC(O)(CCC#N)c1ccc(-c2ccccc2)cc1. The first-order valence-electron chi connectivity index (χ1n) is 6.39. The Morgan fingerprint density at radius 3 is 2.16 bits per heavy atom. The molecule has 2 aromatic rings. The second kappa shape index (κ2) is 5.69. The molecule has 0 heterocycles. The van der Waals surface area contributed by atoms with E-state index in [-0.39, 0.29) is 0 Å². The number of aliphatic hydroxyl groups is 1. The van der Waals surface area contributed by atoms with Crippen LogP contribution in [0.3, 0.4) is 0 Å². The fourth-order valence-corrected chi connectivity index (χ4v) is 2.10. The molecule has 96 valence electrons. The predicted molar refractivity (Wildman–Crippen MR) is 76.3 cm³/mol. The minimum Gasteiger partial charge on any atom is -0.385 e. The predicted octanol–water partition coefficient (Wildman–Crippen LogP) is 3.86. The van der Waals surface area contributed by atoms with Gasteiger partial charge in [-0.05, 0) is 30.0 Å². The van der Waals surface area contributed by atoms with Crippen molar-refractivity contribution in [3.05, 3.63) is 60.2 Å². The molecule has 1 atom stereocenters. The van der Waals surface area contributed by atoms with Crippen molar-refractivity contribution in [2.75, 3.05) is 0 Å². The lowest BCUT2D eigenvalue weighted by Gasteiger charge is -2.22. The van der Waals surface area contributed by atoms with Gasteiger partial charge < -0.3 is 5.11 Å². The molecule has 0 aromatic heterocycles.